The normalized spacial score (nSPS) is 14.0. The summed E-state index contributed by atoms with van der Waals surface area (Å²) in [7, 11) is 0. The molecule has 1 nitrogen and oxygen atoms in total. The van der Waals surface area contributed by atoms with Crippen LogP contribution in [0.15, 0.2) is 0 Å². The van der Waals surface area contributed by atoms with Crippen LogP contribution in [0.3, 0.4) is 0 Å². The fourth-order valence-electron chi connectivity index (χ4n) is 1.01. The zero-order valence-corrected chi connectivity index (χ0v) is 7.45. The second-order valence-corrected chi connectivity index (χ2v) is 4.45. The van der Waals surface area contributed by atoms with Crippen LogP contribution in [-0.4, -0.2) is 11.1 Å². The maximum absolute atomic E-state index is 4.54. The smallest absolute Gasteiger partial charge is 0.0278 e. The van der Waals surface area contributed by atoms with Crippen molar-refractivity contribution in [2.45, 2.75) is 52.6 Å². The van der Waals surface area contributed by atoms with E-state index in [0.29, 0.717) is 0 Å². The lowest BCUT2D eigenvalue weighted by Crippen LogP contribution is -2.41. The molecule has 0 bridgehead atoms. The maximum atomic E-state index is 4.54. The van der Waals surface area contributed by atoms with Crippen LogP contribution >= 0.6 is 0 Å². The Morgan fingerprint density at radius 3 is 0.889 bits per heavy atom. The lowest BCUT2D eigenvalue weighted by molar-refractivity contribution is 0.292. The first-order valence-electron chi connectivity index (χ1n) is 3.45. The van der Waals surface area contributed by atoms with Gasteiger partial charge in [-0.2, -0.15) is 0 Å². The van der Waals surface area contributed by atoms with Gasteiger partial charge in [0.15, 0.2) is 0 Å². The van der Waals surface area contributed by atoms with E-state index in [0.717, 1.165) is 0 Å². The van der Waals surface area contributed by atoms with Gasteiger partial charge in [0.05, 0.1) is 0 Å². The molecule has 0 fully saturated rings. The average molecular weight is 128 g/mol. The van der Waals surface area contributed by atoms with Crippen molar-refractivity contribution < 1.29 is 0 Å². The van der Waals surface area contributed by atoms with Crippen molar-refractivity contribution in [2.75, 3.05) is 0 Å². The Bertz CT molecular complexity index is 69.7. The van der Waals surface area contributed by atoms with Crippen LogP contribution in [0, 0.1) is 0 Å². The molecule has 55 valence electrons. The first-order chi connectivity index (χ1) is 3.71. The van der Waals surface area contributed by atoms with Crippen molar-refractivity contribution >= 4 is 0 Å². The minimum Gasteiger partial charge on any atom is -0.230 e. The summed E-state index contributed by atoms with van der Waals surface area (Å²) in [5.41, 5.74) is 0.219. The molecule has 0 N–H and O–H groups in total. The molecule has 0 saturated carbocycles. The van der Waals surface area contributed by atoms with Crippen LogP contribution in [0.5, 0.6) is 0 Å². The van der Waals surface area contributed by atoms with E-state index < -0.39 is 0 Å². The van der Waals surface area contributed by atoms with Gasteiger partial charge < -0.3 is 0 Å². The van der Waals surface area contributed by atoms with E-state index in [1.54, 1.807) is 0 Å². The predicted molar refractivity (Wildman–Crippen MR) is 41.6 cm³/mol. The van der Waals surface area contributed by atoms with Crippen molar-refractivity contribution in [2.24, 2.45) is 0 Å². The predicted octanol–water partition coefficient (Wildman–Crippen LogP) is 2.19. The topological polar surface area (TPSA) is 14.1 Å². The summed E-state index contributed by atoms with van der Waals surface area (Å²) in [5, 5.41) is 4.54. The largest absolute Gasteiger partial charge is 0.230 e. The standard InChI is InChI=1S/C8H18N/c1-7(2,3)9-8(4,5)6/h1-6H3. The van der Waals surface area contributed by atoms with Gasteiger partial charge in [-0.25, -0.2) is 5.32 Å². The molecule has 0 atom stereocenters. The average Bonchev–Trinajstić information content (AvgIpc) is 1.14. The molecule has 0 unspecified atom stereocenters. The highest BCUT2D eigenvalue weighted by molar-refractivity contribution is 4.80. The Morgan fingerprint density at radius 1 is 0.667 bits per heavy atom. The van der Waals surface area contributed by atoms with E-state index in [1.165, 1.54) is 0 Å². The highest BCUT2D eigenvalue weighted by Gasteiger charge is 2.20. The molecule has 0 aromatic heterocycles. The molecule has 0 aliphatic rings. The zero-order valence-electron chi connectivity index (χ0n) is 7.45. The van der Waals surface area contributed by atoms with Gasteiger partial charge in [-0.3, -0.25) is 0 Å². The number of nitrogens with zero attached hydrogens (tertiary/aromatic N) is 1. The fraction of sp³-hybridized carbons (Fsp3) is 1.00. The molecule has 0 aromatic carbocycles. The van der Waals surface area contributed by atoms with Crippen molar-refractivity contribution in [1.29, 1.82) is 0 Å². The summed E-state index contributed by atoms with van der Waals surface area (Å²) in [5.74, 6) is 0. The van der Waals surface area contributed by atoms with Crippen LogP contribution in [-0.2, 0) is 0 Å². The zero-order chi connectivity index (χ0) is 7.71. The lowest BCUT2D eigenvalue weighted by Gasteiger charge is -2.28. The van der Waals surface area contributed by atoms with E-state index in [4.69, 9.17) is 0 Å². The molecule has 0 amide bonds. The van der Waals surface area contributed by atoms with Crippen molar-refractivity contribution in [3.8, 4) is 0 Å². The second-order valence-electron chi connectivity index (χ2n) is 4.45. The summed E-state index contributed by atoms with van der Waals surface area (Å²) in [6.45, 7) is 12.7. The molecule has 9 heavy (non-hydrogen) atoms. The lowest BCUT2D eigenvalue weighted by atomic mass is 10.0. The fourth-order valence-corrected chi connectivity index (χ4v) is 1.01. The van der Waals surface area contributed by atoms with Crippen LogP contribution in [0.4, 0.5) is 0 Å². The molecule has 0 heterocycles. The SMILES string of the molecule is CC(C)(C)[N]C(C)(C)C. The molecule has 1 radical (unpaired) electrons. The summed E-state index contributed by atoms with van der Waals surface area (Å²) in [6, 6.07) is 0. The molecule has 0 aromatic rings. The molecule has 0 aliphatic carbocycles. The highest BCUT2D eigenvalue weighted by Crippen LogP contribution is 2.11. The van der Waals surface area contributed by atoms with Crippen molar-refractivity contribution in [1.82, 2.24) is 5.32 Å². The van der Waals surface area contributed by atoms with Crippen LogP contribution in [0.1, 0.15) is 41.5 Å². The summed E-state index contributed by atoms with van der Waals surface area (Å²) in [6.07, 6.45) is 0. The molecular formula is C8H18N. The summed E-state index contributed by atoms with van der Waals surface area (Å²) < 4.78 is 0. The van der Waals surface area contributed by atoms with Crippen molar-refractivity contribution in [3.05, 3.63) is 0 Å². The highest BCUT2D eigenvalue weighted by atomic mass is 15.0. The molecule has 1 heteroatoms. The summed E-state index contributed by atoms with van der Waals surface area (Å²) in [4.78, 5) is 0. The Hall–Kier alpha value is -0.0400. The molecular weight excluding hydrogens is 110 g/mol. The van der Waals surface area contributed by atoms with E-state index in [1.807, 2.05) is 0 Å². The Balaban J connectivity index is 3.75. The Morgan fingerprint density at radius 2 is 0.889 bits per heavy atom. The van der Waals surface area contributed by atoms with Gasteiger partial charge in [0.25, 0.3) is 0 Å². The van der Waals surface area contributed by atoms with Crippen molar-refractivity contribution in [3.63, 3.8) is 0 Å². The van der Waals surface area contributed by atoms with Crippen LogP contribution in [0.25, 0.3) is 0 Å². The van der Waals surface area contributed by atoms with E-state index >= 15 is 0 Å². The van der Waals surface area contributed by atoms with Gasteiger partial charge in [0.2, 0.25) is 0 Å². The van der Waals surface area contributed by atoms with E-state index in [2.05, 4.69) is 46.9 Å². The molecule has 0 spiro atoms. The van der Waals surface area contributed by atoms with Gasteiger partial charge in [-0.05, 0) is 41.5 Å². The minimum absolute atomic E-state index is 0.109. The molecule has 0 rings (SSSR count). The summed E-state index contributed by atoms with van der Waals surface area (Å²) >= 11 is 0. The maximum Gasteiger partial charge on any atom is 0.0278 e. The monoisotopic (exact) mass is 128 g/mol. The second kappa shape index (κ2) is 2.30. The van der Waals surface area contributed by atoms with Gasteiger partial charge in [0.1, 0.15) is 0 Å². The number of rotatable bonds is 0. The third-order valence-electron chi connectivity index (χ3n) is 0.671. The first-order valence-corrected chi connectivity index (χ1v) is 3.45. The van der Waals surface area contributed by atoms with E-state index in [-0.39, 0.29) is 11.1 Å². The van der Waals surface area contributed by atoms with Gasteiger partial charge in [-0.15, -0.1) is 0 Å². The third-order valence-corrected chi connectivity index (χ3v) is 0.671. The van der Waals surface area contributed by atoms with Crippen LogP contribution in [0.2, 0.25) is 0 Å². The number of hydrogen-bond acceptors (Lipinski definition) is 0. The Kier molecular flexibility index (Phi) is 2.29. The third kappa shape index (κ3) is 7.96. The Labute approximate surface area is 58.8 Å². The minimum atomic E-state index is 0.109. The van der Waals surface area contributed by atoms with Crippen LogP contribution < -0.4 is 5.32 Å². The quantitative estimate of drug-likeness (QED) is 0.475. The first kappa shape index (κ1) is 8.96. The van der Waals surface area contributed by atoms with Gasteiger partial charge >= 0.3 is 0 Å². The van der Waals surface area contributed by atoms with Gasteiger partial charge in [-0.1, -0.05) is 0 Å². The van der Waals surface area contributed by atoms with Gasteiger partial charge in [0, 0.05) is 11.1 Å². The molecule has 0 saturated heterocycles. The van der Waals surface area contributed by atoms with E-state index in [9.17, 15) is 0 Å². The number of hydrogen-bond donors (Lipinski definition) is 0. The molecule has 0 aliphatic heterocycles.